The molecule has 104 valence electrons. The van der Waals surface area contributed by atoms with Crippen LogP contribution in [0.1, 0.15) is 5.56 Å². The summed E-state index contributed by atoms with van der Waals surface area (Å²) in [5.41, 5.74) is 3.13. The van der Waals surface area contributed by atoms with Gasteiger partial charge in [-0.3, -0.25) is 0 Å². The molecule has 0 aliphatic heterocycles. The standard InChI is InChI=1S/C16H12ClN3O/c1-20-14-5-3-10(9-18)7-13(14)19-16(20)12-8-11(17)4-6-15(12)21-2/h3-8H,1-2H3. The van der Waals surface area contributed by atoms with Crippen LogP contribution in [0.5, 0.6) is 5.75 Å². The minimum absolute atomic E-state index is 0.588. The Bertz CT molecular complexity index is 877. The molecule has 1 heterocycles. The Balaban J connectivity index is 2.28. The summed E-state index contributed by atoms with van der Waals surface area (Å²) in [7, 11) is 3.54. The van der Waals surface area contributed by atoms with Gasteiger partial charge in [-0.05, 0) is 36.4 Å². The fourth-order valence-electron chi connectivity index (χ4n) is 2.37. The van der Waals surface area contributed by atoms with Gasteiger partial charge in [0.1, 0.15) is 11.6 Å². The predicted octanol–water partition coefficient (Wildman–Crippen LogP) is 3.77. The Morgan fingerprint density at radius 3 is 2.76 bits per heavy atom. The summed E-state index contributed by atoms with van der Waals surface area (Å²) in [4.78, 5) is 4.61. The fourth-order valence-corrected chi connectivity index (χ4v) is 2.54. The predicted molar refractivity (Wildman–Crippen MR) is 82.4 cm³/mol. The van der Waals surface area contributed by atoms with Crippen LogP contribution in [-0.2, 0) is 7.05 Å². The van der Waals surface area contributed by atoms with Gasteiger partial charge in [0.25, 0.3) is 0 Å². The molecule has 0 amide bonds. The fraction of sp³-hybridized carbons (Fsp3) is 0.125. The highest BCUT2D eigenvalue weighted by molar-refractivity contribution is 6.31. The van der Waals surface area contributed by atoms with Crippen LogP contribution >= 0.6 is 11.6 Å². The molecule has 21 heavy (non-hydrogen) atoms. The summed E-state index contributed by atoms with van der Waals surface area (Å²) < 4.78 is 7.35. The number of methoxy groups -OCH3 is 1. The molecule has 0 spiro atoms. The number of hydrogen-bond acceptors (Lipinski definition) is 3. The topological polar surface area (TPSA) is 50.8 Å². The van der Waals surface area contributed by atoms with Gasteiger partial charge in [-0.15, -0.1) is 0 Å². The zero-order chi connectivity index (χ0) is 15.0. The van der Waals surface area contributed by atoms with Crippen molar-refractivity contribution in [1.29, 1.82) is 5.26 Å². The van der Waals surface area contributed by atoms with Gasteiger partial charge >= 0.3 is 0 Å². The Morgan fingerprint density at radius 1 is 1.24 bits per heavy atom. The molecular formula is C16H12ClN3O. The van der Waals surface area contributed by atoms with Gasteiger partial charge in [-0.25, -0.2) is 4.98 Å². The average Bonchev–Trinajstić information content (AvgIpc) is 2.83. The summed E-state index contributed by atoms with van der Waals surface area (Å²) in [5, 5.41) is 9.61. The molecule has 0 atom stereocenters. The van der Waals surface area contributed by atoms with Crippen molar-refractivity contribution in [3.05, 3.63) is 47.0 Å². The molecule has 0 fully saturated rings. The van der Waals surface area contributed by atoms with Crippen LogP contribution in [0.2, 0.25) is 5.02 Å². The molecular weight excluding hydrogens is 286 g/mol. The lowest BCUT2D eigenvalue weighted by Gasteiger charge is -2.08. The van der Waals surface area contributed by atoms with Crippen LogP contribution in [0.25, 0.3) is 22.4 Å². The van der Waals surface area contributed by atoms with Crippen LogP contribution in [0.15, 0.2) is 36.4 Å². The van der Waals surface area contributed by atoms with Crippen molar-refractivity contribution >= 4 is 22.6 Å². The van der Waals surface area contributed by atoms with Crippen molar-refractivity contribution in [2.45, 2.75) is 0 Å². The first-order valence-corrected chi connectivity index (χ1v) is 6.72. The molecule has 0 saturated carbocycles. The van der Waals surface area contributed by atoms with Gasteiger partial charge in [-0.1, -0.05) is 11.6 Å². The number of rotatable bonds is 2. The maximum atomic E-state index is 8.99. The minimum atomic E-state index is 0.588. The Labute approximate surface area is 127 Å². The van der Waals surface area contributed by atoms with Gasteiger partial charge in [0, 0.05) is 12.1 Å². The summed E-state index contributed by atoms with van der Waals surface area (Å²) in [6.45, 7) is 0. The lowest BCUT2D eigenvalue weighted by Crippen LogP contribution is -1.95. The van der Waals surface area contributed by atoms with Crippen LogP contribution in [0, 0.1) is 11.3 Å². The maximum absolute atomic E-state index is 8.99. The maximum Gasteiger partial charge on any atom is 0.144 e. The van der Waals surface area contributed by atoms with Gasteiger partial charge in [-0.2, -0.15) is 5.26 Å². The second-order valence-electron chi connectivity index (χ2n) is 4.65. The van der Waals surface area contributed by atoms with Crippen molar-refractivity contribution in [3.8, 4) is 23.2 Å². The van der Waals surface area contributed by atoms with Crippen LogP contribution in [0.4, 0.5) is 0 Å². The van der Waals surface area contributed by atoms with E-state index in [1.807, 2.05) is 29.8 Å². The number of hydrogen-bond donors (Lipinski definition) is 0. The molecule has 0 aliphatic carbocycles. The first kappa shape index (κ1) is 13.5. The number of imidazole rings is 1. The SMILES string of the molecule is COc1ccc(Cl)cc1-c1nc2cc(C#N)ccc2n1C. The van der Waals surface area contributed by atoms with Crippen LogP contribution < -0.4 is 4.74 Å². The number of benzene rings is 2. The van der Waals surface area contributed by atoms with Crippen LogP contribution in [0.3, 0.4) is 0 Å². The quantitative estimate of drug-likeness (QED) is 0.723. The Kier molecular flexibility index (Phi) is 3.28. The van der Waals surface area contributed by atoms with Crippen molar-refractivity contribution in [2.24, 2.45) is 7.05 Å². The number of halogens is 1. The van der Waals surface area contributed by atoms with E-state index in [0.29, 0.717) is 16.3 Å². The lowest BCUT2D eigenvalue weighted by molar-refractivity contribution is 0.416. The number of aryl methyl sites for hydroxylation is 1. The lowest BCUT2D eigenvalue weighted by atomic mass is 10.2. The van der Waals surface area contributed by atoms with E-state index in [1.54, 1.807) is 25.3 Å². The molecule has 3 rings (SSSR count). The molecule has 0 saturated heterocycles. The Morgan fingerprint density at radius 2 is 2.05 bits per heavy atom. The highest BCUT2D eigenvalue weighted by atomic mass is 35.5. The molecule has 0 radical (unpaired) electrons. The van der Waals surface area contributed by atoms with E-state index in [2.05, 4.69) is 11.1 Å². The third kappa shape index (κ3) is 2.22. The molecule has 1 aromatic heterocycles. The minimum Gasteiger partial charge on any atom is -0.496 e. The van der Waals surface area contributed by atoms with Crippen molar-refractivity contribution in [3.63, 3.8) is 0 Å². The van der Waals surface area contributed by atoms with E-state index in [0.717, 1.165) is 22.4 Å². The molecule has 3 aromatic rings. The molecule has 4 nitrogen and oxygen atoms in total. The largest absolute Gasteiger partial charge is 0.496 e. The van der Waals surface area contributed by atoms with E-state index < -0.39 is 0 Å². The number of ether oxygens (including phenoxy) is 1. The second-order valence-corrected chi connectivity index (χ2v) is 5.09. The molecule has 2 aromatic carbocycles. The van der Waals surface area contributed by atoms with E-state index in [4.69, 9.17) is 21.6 Å². The molecule has 0 bridgehead atoms. The zero-order valence-corrected chi connectivity index (χ0v) is 12.3. The van der Waals surface area contributed by atoms with Crippen LogP contribution in [-0.4, -0.2) is 16.7 Å². The van der Waals surface area contributed by atoms with E-state index in [1.165, 1.54) is 0 Å². The highest BCUT2D eigenvalue weighted by Gasteiger charge is 2.15. The number of aromatic nitrogens is 2. The summed E-state index contributed by atoms with van der Waals surface area (Å²) in [6, 6.07) is 13.0. The summed E-state index contributed by atoms with van der Waals surface area (Å²) >= 11 is 6.09. The zero-order valence-electron chi connectivity index (χ0n) is 11.6. The van der Waals surface area contributed by atoms with Crippen molar-refractivity contribution in [2.75, 3.05) is 7.11 Å². The van der Waals surface area contributed by atoms with Gasteiger partial charge in [0.15, 0.2) is 0 Å². The third-order valence-corrected chi connectivity index (χ3v) is 3.65. The average molecular weight is 298 g/mol. The monoisotopic (exact) mass is 297 g/mol. The Hall–Kier alpha value is -2.51. The number of nitrogens with zero attached hydrogens (tertiary/aromatic N) is 3. The smallest absolute Gasteiger partial charge is 0.144 e. The number of nitriles is 1. The molecule has 0 unspecified atom stereocenters. The first-order valence-electron chi connectivity index (χ1n) is 6.34. The first-order chi connectivity index (χ1) is 10.1. The highest BCUT2D eigenvalue weighted by Crippen LogP contribution is 2.33. The molecule has 0 N–H and O–H groups in total. The van der Waals surface area contributed by atoms with Gasteiger partial charge < -0.3 is 9.30 Å². The second kappa shape index (κ2) is 5.12. The normalized spacial score (nSPS) is 10.6. The van der Waals surface area contributed by atoms with E-state index in [-0.39, 0.29) is 0 Å². The summed E-state index contributed by atoms with van der Waals surface area (Å²) in [5.74, 6) is 1.46. The van der Waals surface area contributed by atoms with Gasteiger partial charge in [0.05, 0.1) is 35.3 Å². The van der Waals surface area contributed by atoms with E-state index >= 15 is 0 Å². The van der Waals surface area contributed by atoms with E-state index in [9.17, 15) is 0 Å². The molecule has 5 heteroatoms. The van der Waals surface area contributed by atoms with Crippen molar-refractivity contribution < 1.29 is 4.74 Å². The third-order valence-electron chi connectivity index (χ3n) is 3.41. The van der Waals surface area contributed by atoms with Gasteiger partial charge in [0.2, 0.25) is 0 Å². The van der Waals surface area contributed by atoms with Crippen molar-refractivity contribution in [1.82, 2.24) is 9.55 Å². The number of fused-ring (bicyclic) bond motifs is 1. The summed E-state index contributed by atoms with van der Waals surface area (Å²) in [6.07, 6.45) is 0. The molecule has 0 aliphatic rings.